The number of anilines is 2. The third kappa shape index (κ3) is 4.18. The van der Waals surface area contributed by atoms with Gasteiger partial charge in [-0.2, -0.15) is 5.21 Å². The number of benzene rings is 2. The lowest BCUT2D eigenvalue weighted by Crippen LogP contribution is -2.22. The van der Waals surface area contributed by atoms with Gasteiger partial charge in [-0.1, -0.05) is 24.3 Å². The smallest absolute Gasteiger partial charge is 0.251 e. The maximum Gasteiger partial charge on any atom is 0.251 e. The Labute approximate surface area is 203 Å². The molecule has 6 aromatic rings. The first-order valence-corrected chi connectivity index (χ1v) is 11.7. The fourth-order valence-corrected chi connectivity index (χ4v) is 4.81. The minimum Gasteiger partial charge on any atom is -0.348 e. The van der Waals surface area contributed by atoms with Crippen LogP contribution in [0.3, 0.4) is 0 Å². The summed E-state index contributed by atoms with van der Waals surface area (Å²) in [5.74, 6) is 1.07. The second kappa shape index (κ2) is 8.92. The van der Waals surface area contributed by atoms with Crippen LogP contribution in [0.5, 0.6) is 0 Å². The normalized spacial score (nSPS) is 11.1. The number of H-pyrrole nitrogens is 1. The summed E-state index contributed by atoms with van der Waals surface area (Å²) in [5, 5.41) is 24.7. The molecule has 0 radical (unpaired) electrons. The number of nitrogens with one attached hydrogen (secondary N) is 3. The molecular weight excluding hydrogens is 460 g/mol. The molecule has 0 fully saturated rings. The van der Waals surface area contributed by atoms with Crippen molar-refractivity contribution >= 4 is 49.7 Å². The number of carbonyl (C=O) groups is 1. The Morgan fingerprint density at radius 2 is 2.00 bits per heavy atom. The molecule has 4 heterocycles. The second-order valence-electron chi connectivity index (χ2n) is 7.84. The molecule has 1 amide bonds. The number of aromatic nitrogens is 6. The average Bonchev–Trinajstić information content (AvgIpc) is 3.61. The fourth-order valence-electron chi connectivity index (χ4n) is 3.88. The van der Waals surface area contributed by atoms with Gasteiger partial charge in [-0.05, 0) is 52.6 Å². The summed E-state index contributed by atoms with van der Waals surface area (Å²) in [7, 11) is 0. The number of fused-ring (bicyclic) bond motifs is 3. The zero-order valence-corrected chi connectivity index (χ0v) is 19.1. The molecule has 3 N–H and O–H groups in total. The molecular formula is C25H18N8OS. The maximum absolute atomic E-state index is 12.7. The van der Waals surface area contributed by atoms with E-state index in [9.17, 15) is 4.79 Å². The number of thiophene rings is 1. The molecule has 170 valence electrons. The van der Waals surface area contributed by atoms with E-state index >= 15 is 0 Å². The van der Waals surface area contributed by atoms with E-state index in [0.717, 1.165) is 37.8 Å². The minimum atomic E-state index is -0.158. The predicted molar refractivity (Wildman–Crippen MR) is 135 cm³/mol. The number of hydrogen-bond acceptors (Lipinski definition) is 8. The minimum absolute atomic E-state index is 0.158. The van der Waals surface area contributed by atoms with Crippen molar-refractivity contribution in [2.45, 2.75) is 6.54 Å². The number of tetrazole rings is 1. The highest BCUT2D eigenvalue weighted by atomic mass is 32.1. The molecule has 6 rings (SSSR count). The monoisotopic (exact) mass is 478 g/mol. The summed E-state index contributed by atoms with van der Waals surface area (Å²) in [4.78, 5) is 21.7. The van der Waals surface area contributed by atoms with Gasteiger partial charge < -0.3 is 10.6 Å². The quantitative estimate of drug-likeness (QED) is 0.317. The molecule has 0 unspecified atom stereocenters. The van der Waals surface area contributed by atoms with E-state index in [1.165, 1.54) is 0 Å². The van der Waals surface area contributed by atoms with Crippen molar-refractivity contribution in [2.24, 2.45) is 0 Å². The van der Waals surface area contributed by atoms with E-state index in [1.54, 1.807) is 29.8 Å². The topological polar surface area (TPSA) is 121 Å². The maximum atomic E-state index is 12.7. The second-order valence-corrected chi connectivity index (χ2v) is 8.76. The van der Waals surface area contributed by atoms with E-state index in [0.29, 0.717) is 23.8 Å². The molecule has 0 aliphatic heterocycles. The van der Waals surface area contributed by atoms with Crippen LogP contribution in [-0.2, 0) is 6.54 Å². The van der Waals surface area contributed by atoms with Gasteiger partial charge in [0.1, 0.15) is 5.82 Å². The average molecular weight is 479 g/mol. The van der Waals surface area contributed by atoms with Gasteiger partial charge >= 0.3 is 0 Å². The lowest BCUT2D eigenvalue weighted by atomic mass is 10.1. The standard InChI is InChI=1S/C25H18N8OS/c34-25(27-14-15-3-2-9-26-13-15)17-4-1-5-18(11-17)28-24-20-8-10-35-22(20)19-7-6-16(12-21(19)29-24)23-30-32-33-31-23/h1-13H,14H2,(H,27,34)(H,28,29)(H,30,31,32,33). The van der Waals surface area contributed by atoms with Crippen LogP contribution in [0.2, 0.25) is 0 Å². The van der Waals surface area contributed by atoms with Crippen molar-refractivity contribution in [3.63, 3.8) is 0 Å². The van der Waals surface area contributed by atoms with Crippen LogP contribution in [0.4, 0.5) is 11.5 Å². The highest BCUT2D eigenvalue weighted by molar-refractivity contribution is 7.18. The van der Waals surface area contributed by atoms with Crippen LogP contribution >= 0.6 is 11.3 Å². The molecule has 2 aromatic carbocycles. The molecule has 0 bridgehead atoms. The van der Waals surface area contributed by atoms with Gasteiger partial charge in [-0.25, -0.2) is 4.98 Å². The summed E-state index contributed by atoms with van der Waals surface area (Å²) in [6.45, 7) is 0.412. The molecule has 0 atom stereocenters. The first-order valence-electron chi connectivity index (χ1n) is 10.8. The van der Waals surface area contributed by atoms with Crippen LogP contribution in [-0.4, -0.2) is 36.5 Å². The Kier molecular flexibility index (Phi) is 5.32. The number of carbonyl (C=O) groups excluding carboxylic acids is 1. The zero-order valence-electron chi connectivity index (χ0n) is 18.3. The molecule has 0 aliphatic rings. The highest BCUT2D eigenvalue weighted by Crippen LogP contribution is 2.36. The SMILES string of the molecule is O=C(NCc1cccnc1)c1cccc(Nc2nc3cc(-c4nn[nH]n4)ccc3c3sccc23)c1. The van der Waals surface area contributed by atoms with E-state index in [-0.39, 0.29) is 5.91 Å². The highest BCUT2D eigenvalue weighted by Gasteiger charge is 2.13. The van der Waals surface area contributed by atoms with Crippen molar-refractivity contribution in [2.75, 3.05) is 5.32 Å². The number of aromatic amines is 1. The van der Waals surface area contributed by atoms with Crippen LogP contribution in [0.15, 0.2) is 78.4 Å². The van der Waals surface area contributed by atoms with E-state index in [1.807, 2.05) is 60.0 Å². The van der Waals surface area contributed by atoms with Crippen molar-refractivity contribution in [3.05, 3.63) is 89.6 Å². The number of pyridine rings is 2. The van der Waals surface area contributed by atoms with Crippen molar-refractivity contribution in [1.82, 2.24) is 35.9 Å². The lowest BCUT2D eigenvalue weighted by molar-refractivity contribution is 0.0951. The third-order valence-electron chi connectivity index (χ3n) is 5.56. The zero-order chi connectivity index (χ0) is 23.6. The number of nitrogens with zero attached hydrogens (tertiary/aromatic N) is 5. The Morgan fingerprint density at radius 1 is 1.03 bits per heavy atom. The Bertz CT molecular complexity index is 1650. The van der Waals surface area contributed by atoms with Gasteiger partial charge in [0.2, 0.25) is 5.82 Å². The van der Waals surface area contributed by atoms with Crippen LogP contribution in [0.25, 0.3) is 32.4 Å². The van der Waals surface area contributed by atoms with E-state index in [2.05, 4.69) is 36.2 Å². The Hall–Kier alpha value is -4.70. The van der Waals surface area contributed by atoms with Gasteiger partial charge in [0, 0.05) is 51.2 Å². The van der Waals surface area contributed by atoms with Gasteiger partial charge in [0.15, 0.2) is 0 Å². The van der Waals surface area contributed by atoms with Crippen molar-refractivity contribution in [3.8, 4) is 11.4 Å². The number of hydrogen-bond donors (Lipinski definition) is 3. The van der Waals surface area contributed by atoms with Gasteiger partial charge in [0.05, 0.1) is 5.52 Å². The molecule has 9 nitrogen and oxygen atoms in total. The van der Waals surface area contributed by atoms with Gasteiger partial charge in [-0.15, -0.1) is 21.5 Å². The summed E-state index contributed by atoms with van der Waals surface area (Å²) in [6.07, 6.45) is 3.44. The van der Waals surface area contributed by atoms with Gasteiger partial charge in [-0.3, -0.25) is 9.78 Å². The first-order chi connectivity index (χ1) is 17.2. The number of rotatable bonds is 6. The lowest BCUT2D eigenvalue weighted by Gasteiger charge is -2.11. The molecule has 4 aromatic heterocycles. The summed E-state index contributed by atoms with van der Waals surface area (Å²) < 4.78 is 1.13. The van der Waals surface area contributed by atoms with Crippen LogP contribution in [0.1, 0.15) is 15.9 Å². The van der Waals surface area contributed by atoms with Gasteiger partial charge in [0.25, 0.3) is 5.91 Å². The molecule has 0 aliphatic carbocycles. The van der Waals surface area contributed by atoms with Crippen molar-refractivity contribution in [1.29, 1.82) is 0 Å². The fraction of sp³-hybridized carbons (Fsp3) is 0.0400. The van der Waals surface area contributed by atoms with Crippen LogP contribution in [0, 0.1) is 0 Å². The van der Waals surface area contributed by atoms with Crippen LogP contribution < -0.4 is 10.6 Å². The summed E-state index contributed by atoms with van der Waals surface area (Å²) in [5.41, 5.74) is 3.91. The molecule has 10 heteroatoms. The Balaban J connectivity index is 1.30. The first kappa shape index (κ1) is 20.9. The third-order valence-corrected chi connectivity index (χ3v) is 6.51. The Morgan fingerprint density at radius 3 is 2.86 bits per heavy atom. The van der Waals surface area contributed by atoms with Crippen molar-refractivity contribution < 1.29 is 4.79 Å². The summed E-state index contributed by atoms with van der Waals surface area (Å²) in [6, 6.07) is 19.1. The van der Waals surface area contributed by atoms with E-state index in [4.69, 9.17) is 4.98 Å². The molecule has 35 heavy (non-hydrogen) atoms. The largest absolute Gasteiger partial charge is 0.348 e. The number of amides is 1. The summed E-state index contributed by atoms with van der Waals surface area (Å²) >= 11 is 1.66. The molecule has 0 saturated heterocycles. The van der Waals surface area contributed by atoms with E-state index < -0.39 is 0 Å². The predicted octanol–water partition coefficient (Wildman–Crippen LogP) is 4.70. The molecule has 0 spiro atoms. The molecule has 0 saturated carbocycles.